The van der Waals surface area contributed by atoms with E-state index in [-0.39, 0.29) is 6.61 Å². The third-order valence-electron chi connectivity index (χ3n) is 5.78. The summed E-state index contributed by atoms with van der Waals surface area (Å²) < 4.78 is 43.8. The van der Waals surface area contributed by atoms with Gasteiger partial charge in [0.25, 0.3) is 0 Å². The predicted molar refractivity (Wildman–Crippen MR) is 126 cm³/mol. The van der Waals surface area contributed by atoms with E-state index in [1.54, 1.807) is 20.3 Å². The van der Waals surface area contributed by atoms with Crippen LogP contribution in [0.4, 0.5) is 0 Å². The van der Waals surface area contributed by atoms with Crippen LogP contribution in [0.25, 0.3) is 0 Å². The molecule has 0 aromatic heterocycles. The Hall–Kier alpha value is -2.17. The van der Waals surface area contributed by atoms with Crippen molar-refractivity contribution in [3.8, 4) is 11.5 Å². The largest absolute Gasteiger partial charge is 0.493 e. The highest BCUT2D eigenvalue weighted by molar-refractivity contribution is 7.89. The van der Waals surface area contributed by atoms with Gasteiger partial charge < -0.3 is 19.3 Å². The molecule has 1 aliphatic heterocycles. The van der Waals surface area contributed by atoms with Crippen molar-refractivity contribution in [3.63, 3.8) is 0 Å². The first-order valence-corrected chi connectivity index (χ1v) is 12.4. The number of nitrogens with zero attached hydrogens (tertiary/aromatic N) is 2. The lowest BCUT2D eigenvalue weighted by atomic mass is 10.2. The fourth-order valence-electron chi connectivity index (χ4n) is 4.01. The number of benzene rings is 2. The summed E-state index contributed by atoms with van der Waals surface area (Å²) in [6.45, 7) is 6.68. The minimum atomic E-state index is -3.52. The molecule has 0 aliphatic carbocycles. The lowest BCUT2D eigenvalue weighted by Crippen LogP contribution is -2.50. The van der Waals surface area contributed by atoms with Crippen LogP contribution in [0, 0.1) is 13.8 Å². The number of sulfonamides is 1. The Morgan fingerprint density at radius 1 is 0.970 bits per heavy atom. The molecule has 0 unspecified atom stereocenters. The molecule has 1 saturated heterocycles. The molecule has 2 aromatic rings. The Kier molecular flexibility index (Phi) is 8.72. The summed E-state index contributed by atoms with van der Waals surface area (Å²) in [5.74, 6) is 1.28. The molecule has 0 amide bonds. The van der Waals surface area contributed by atoms with Crippen LogP contribution in [-0.4, -0.2) is 82.4 Å². The van der Waals surface area contributed by atoms with E-state index in [0.717, 1.165) is 16.7 Å². The summed E-state index contributed by atoms with van der Waals surface area (Å²) in [4.78, 5) is 2.43. The molecule has 0 saturated carbocycles. The average Bonchev–Trinajstić information content (AvgIpc) is 2.79. The Labute approximate surface area is 196 Å². The SMILES string of the molecule is COc1ccc(COC[C@H](O)CN2CCN(S(=O)(=O)c3ccc(C)cc3C)CC2)cc1OC. The minimum absolute atomic E-state index is 0.190. The molecule has 0 bridgehead atoms. The number of rotatable bonds is 10. The first-order valence-electron chi connectivity index (χ1n) is 11.0. The van der Waals surface area contributed by atoms with Gasteiger partial charge in [-0.1, -0.05) is 23.8 Å². The number of β-amino-alcohol motifs (C(OH)–C–C–N with tert-alkyl or cyclic N) is 1. The molecule has 1 heterocycles. The molecule has 1 atom stereocenters. The zero-order chi connectivity index (χ0) is 24.0. The van der Waals surface area contributed by atoms with Gasteiger partial charge in [0.05, 0.1) is 38.4 Å². The molecular weight excluding hydrogens is 444 g/mol. The van der Waals surface area contributed by atoms with Crippen molar-refractivity contribution in [2.75, 3.05) is 53.6 Å². The number of ether oxygens (including phenoxy) is 3. The van der Waals surface area contributed by atoms with E-state index in [1.165, 1.54) is 4.31 Å². The van der Waals surface area contributed by atoms with Gasteiger partial charge in [0.15, 0.2) is 11.5 Å². The molecular formula is C24H34N2O6S. The molecule has 8 nitrogen and oxygen atoms in total. The molecule has 182 valence electrons. The maximum absolute atomic E-state index is 13.0. The van der Waals surface area contributed by atoms with E-state index in [9.17, 15) is 13.5 Å². The van der Waals surface area contributed by atoms with Gasteiger partial charge in [0.2, 0.25) is 10.0 Å². The summed E-state index contributed by atoms with van der Waals surface area (Å²) >= 11 is 0. The molecule has 0 spiro atoms. The van der Waals surface area contributed by atoms with Crippen LogP contribution in [0.15, 0.2) is 41.3 Å². The molecule has 1 N–H and O–H groups in total. The fraction of sp³-hybridized carbons (Fsp3) is 0.500. The molecule has 3 rings (SSSR count). The van der Waals surface area contributed by atoms with Gasteiger partial charge in [-0.3, -0.25) is 4.90 Å². The number of piperazine rings is 1. The Bertz CT molecular complexity index is 1040. The van der Waals surface area contributed by atoms with Crippen LogP contribution < -0.4 is 9.47 Å². The van der Waals surface area contributed by atoms with E-state index in [0.29, 0.717) is 55.7 Å². The highest BCUT2D eigenvalue weighted by atomic mass is 32.2. The third-order valence-corrected chi connectivity index (χ3v) is 7.83. The minimum Gasteiger partial charge on any atom is -0.493 e. The van der Waals surface area contributed by atoms with Crippen molar-refractivity contribution in [3.05, 3.63) is 53.1 Å². The highest BCUT2D eigenvalue weighted by Gasteiger charge is 2.30. The monoisotopic (exact) mass is 478 g/mol. The highest BCUT2D eigenvalue weighted by Crippen LogP contribution is 2.28. The molecule has 0 radical (unpaired) electrons. The normalized spacial score (nSPS) is 16.5. The lowest BCUT2D eigenvalue weighted by Gasteiger charge is -2.35. The fourth-order valence-corrected chi connectivity index (χ4v) is 5.64. The van der Waals surface area contributed by atoms with Crippen molar-refractivity contribution < 1.29 is 27.7 Å². The standard InChI is InChI=1S/C24H34N2O6S/c1-18-5-8-24(19(2)13-18)33(28,29)26-11-9-25(10-12-26)15-21(27)17-32-16-20-6-7-22(30-3)23(14-20)31-4/h5-8,13-14,21,27H,9-12,15-17H2,1-4H3/t21-/m1/s1. The number of hydrogen-bond acceptors (Lipinski definition) is 7. The van der Waals surface area contributed by atoms with Crippen molar-refractivity contribution in [2.24, 2.45) is 0 Å². The summed E-state index contributed by atoms with van der Waals surface area (Å²) in [6.07, 6.45) is -0.660. The van der Waals surface area contributed by atoms with Crippen LogP contribution in [0.1, 0.15) is 16.7 Å². The number of aliphatic hydroxyl groups excluding tert-OH is 1. The molecule has 9 heteroatoms. The Morgan fingerprint density at radius 3 is 2.30 bits per heavy atom. The first-order chi connectivity index (χ1) is 15.7. The molecule has 1 aliphatic rings. The van der Waals surface area contributed by atoms with E-state index < -0.39 is 16.1 Å². The second-order valence-electron chi connectivity index (χ2n) is 8.33. The van der Waals surface area contributed by atoms with E-state index in [2.05, 4.69) is 4.90 Å². The van der Waals surface area contributed by atoms with Gasteiger partial charge >= 0.3 is 0 Å². The molecule has 1 fully saturated rings. The van der Waals surface area contributed by atoms with E-state index in [4.69, 9.17) is 14.2 Å². The number of hydrogen-bond donors (Lipinski definition) is 1. The van der Waals surface area contributed by atoms with Crippen molar-refractivity contribution in [1.29, 1.82) is 0 Å². The summed E-state index contributed by atoms with van der Waals surface area (Å²) in [7, 11) is -0.348. The van der Waals surface area contributed by atoms with Crippen LogP contribution in [-0.2, 0) is 21.4 Å². The summed E-state index contributed by atoms with van der Waals surface area (Å²) in [5, 5.41) is 10.4. The van der Waals surface area contributed by atoms with Crippen LogP contribution in [0.3, 0.4) is 0 Å². The second-order valence-corrected chi connectivity index (χ2v) is 10.2. The van der Waals surface area contributed by atoms with Gasteiger partial charge in [-0.15, -0.1) is 0 Å². The Balaban J connectivity index is 1.45. The van der Waals surface area contributed by atoms with Gasteiger partial charge in [-0.05, 0) is 43.2 Å². The topological polar surface area (TPSA) is 88.5 Å². The quantitative estimate of drug-likeness (QED) is 0.560. The van der Waals surface area contributed by atoms with Crippen molar-refractivity contribution in [2.45, 2.75) is 31.5 Å². The smallest absolute Gasteiger partial charge is 0.243 e. The van der Waals surface area contributed by atoms with E-state index >= 15 is 0 Å². The zero-order valence-electron chi connectivity index (χ0n) is 19.8. The third kappa shape index (κ3) is 6.45. The van der Waals surface area contributed by atoms with Crippen LogP contribution in [0.2, 0.25) is 0 Å². The average molecular weight is 479 g/mol. The number of aliphatic hydroxyl groups is 1. The van der Waals surface area contributed by atoms with Gasteiger partial charge in [0, 0.05) is 32.7 Å². The maximum atomic E-state index is 13.0. The van der Waals surface area contributed by atoms with Gasteiger partial charge in [0.1, 0.15) is 0 Å². The van der Waals surface area contributed by atoms with Gasteiger partial charge in [-0.2, -0.15) is 4.31 Å². The molecule has 33 heavy (non-hydrogen) atoms. The number of methoxy groups -OCH3 is 2. The van der Waals surface area contributed by atoms with Gasteiger partial charge in [-0.25, -0.2) is 8.42 Å². The van der Waals surface area contributed by atoms with Crippen LogP contribution in [0.5, 0.6) is 11.5 Å². The van der Waals surface area contributed by atoms with E-state index in [1.807, 2.05) is 44.2 Å². The predicted octanol–water partition coefficient (Wildman–Crippen LogP) is 2.20. The van der Waals surface area contributed by atoms with Crippen molar-refractivity contribution in [1.82, 2.24) is 9.21 Å². The molecule has 2 aromatic carbocycles. The summed E-state index contributed by atoms with van der Waals surface area (Å²) in [6, 6.07) is 11.0. The van der Waals surface area contributed by atoms with Crippen molar-refractivity contribution >= 4 is 10.0 Å². The lowest BCUT2D eigenvalue weighted by molar-refractivity contribution is 0.00534. The van der Waals surface area contributed by atoms with Crippen LogP contribution >= 0.6 is 0 Å². The zero-order valence-corrected chi connectivity index (χ0v) is 20.6. The second kappa shape index (κ2) is 11.3. The first kappa shape index (κ1) is 25.5. The number of aryl methyl sites for hydroxylation is 2. The Morgan fingerprint density at radius 2 is 1.67 bits per heavy atom. The maximum Gasteiger partial charge on any atom is 0.243 e. The summed E-state index contributed by atoms with van der Waals surface area (Å²) in [5.41, 5.74) is 2.73.